The summed E-state index contributed by atoms with van der Waals surface area (Å²) in [6.07, 6.45) is 0. The third kappa shape index (κ3) is 3.32. The average molecular weight is 724 g/mol. The molecule has 146 valence electrons. The largest absolute Gasteiger partial charge is 0.506 e. The first-order valence-electron chi connectivity index (χ1n) is 8.31. The van der Waals surface area contributed by atoms with E-state index in [-0.39, 0.29) is 16.7 Å². The zero-order valence-corrected chi connectivity index (χ0v) is 21.2. The number of halogens is 3. The Hall–Kier alpha value is -1.41. The lowest BCUT2D eigenvalue weighted by molar-refractivity contribution is 0.0697. The Bertz CT molecular complexity index is 1360. The highest BCUT2D eigenvalue weighted by Crippen LogP contribution is 2.46. The molecule has 29 heavy (non-hydrogen) atoms. The van der Waals surface area contributed by atoms with Crippen molar-refractivity contribution < 1.29 is 19.4 Å². The van der Waals surface area contributed by atoms with Gasteiger partial charge in [-0.3, -0.25) is 4.79 Å². The summed E-state index contributed by atoms with van der Waals surface area (Å²) in [6.45, 7) is 1.78. The number of carbonyl (C=O) groups is 1. The van der Waals surface area contributed by atoms with Crippen molar-refractivity contribution >= 4 is 84.7 Å². The van der Waals surface area contributed by atoms with Crippen LogP contribution in [-0.2, 0) is 0 Å². The number of phenols is 1. The van der Waals surface area contributed by atoms with Crippen LogP contribution < -0.4 is 5.43 Å². The molecule has 8 heteroatoms. The van der Waals surface area contributed by atoms with Crippen LogP contribution in [0.25, 0.3) is 33.4 Å². The van der Waals surface area contributed by atoms with Crippen LogP contribution in [0.5, 0.6) is 5.75 Å². The molecule has 4 rings (SSSR count). The fourth-order valence-electron chi connectivity index (χ4n) is 3.33. The summed E-state index contributed by atoms with van der Waals surface area (Å²) in [4.78, 5) is 24.5. The highest BCUT2D eigenvalue weighted by molar-refractivity contribution is 14.1. The molecule has 1 heterocycles. The molecule has 0 aromatic heterocycles. The van der Waals surface area contributed by atoms with Gasteiger partial charge >= 0.3 is 5.97 Å². The number of hydrogen-bond donors (Lipinski definition) is 2. The molecule has 0 fully saturated rings. The van der Waals surface area contributed by atoms with Crippen molar-refractivity contribution in [2.75, 3.05) is 0 Å². The summed E-state index contributed by atoms with van der Waals surface area (Å²) in [5, 5.41) is 20.9. The average Bonchev–Trinajstić information content (AvgIpc) is 2.69. The second kappa shape index (κ2) is 7.69. The van der Waals surface area contributed by atoms with Crippen LogP contribution in [0.2, 0.25) is 0 Å². The highest BCUT2D eigenvalue weighted by atomic mass is 127. The number of aryl methyl sites for hydroxylation is 1. The van der Waals surface area contributed by atoms with Gasteiger partial charge in [0, 0.05) is 16.5 Å². The van der Waals surface area contributed by atoms with Crippen LogP contribution >= 0.6 is 67.8 Å². The molecule has 2 N–H and O–H groups in total. The van der Waals surface area contributed by atoms with E-state index in [1.165, 1.54) is 0 Å². The molecule has 1 aliphatic heterocycles. The number of aromatic carboxylic acids is 1. The molecule has 0 saturated carbocycles. The minimum Gasteiger partial charge on any atom is -0.506 e. The van der Waals surface area contributed by atoms with Crippen molar-refractivity contribution in [3.05, 3.63) is 68.5 Å². The molecule has 2 aliphatic rings. The predicted octanol–water partition coefficient (Wildman–Crippen LogP) is 6.09. The maximum Gasteiger partial charge on any atom is 0.336 e. The SMILES string of the molecule is Cc1cc2c(-c3ccccc3C(=O)O)c3cc(I)c(=O)c(I)c-3oc2c(I)c1O. The molecule has 0 spiro atoms. The third-order valence-corrected chi connectivity index (χ3v) is 7.47. The zero-order chi connectivity index (χ0) is 21.0. The summed E-state index contributed by atoms with van der Waals surface area (Å²) in [7, 11) is 0. The van der Waals surface area contributed by atoms with Crippen LogP contribution in [0, 0.1) is 17.6 Å². The van der Waals surface area contributed by atoms with Gasteiger partial charge in [0.05, 0.1) is 12.7 Å². The van der Waals surface area contributed by atoms with Crippen molar-refractivity contribution in [3.63, 3.8) is 0 Å². The summed E-state index contributed by atoms with van der Waals surface area (Å²) in [5.74, 6) is -0.570. The lowest BCUT2D eigenvalue weighted by atomic mass is 9.90. The second-order valence-electron chi connectivity index (χ2n) is 6.44. The lowest BCUT2D eigenvalue weighted by Gasteiger charge is -2.19. The zero-order valence-electron chi connectivity index (χ0n) is 14.7. The Kier molecular flexibility index (Phi) is 5.53. The van der Waals surface area contributed by atoms with Gasteiger partial charge in [0.25, 0.3) is 0 Å². The van der Waals surface area contributed by atoms with Gasteiger partial charge in [0.2, 0.25) is 5.43 Å². The third-order valence-electron chi connectivity index (χ3n) is 4.69. The van der Waals surface area contributed by atoms with Crippen molar-refractivity contribution in [1.82, 2.24) is 0 Å². The Morgan fingerprint density at radius 2 is 1.72 bits per heavy atom. The van der Waals surface area contributed by atoms with Crippen molar-refractivity contribution in [2.45, 2.75) is 6.92 Å². The number of phenolic OH excluding ortho intramolecular Hbond substituents is 1. The van der Waals surface area contributed by atoms with Gasteiger partial charge in [-0.2, -0.15) is 0 Å². The lowest BCUT2D eigenvalue weighted by Crippen LogP contribution is -2.12. The van der Waals surface area contributed by atoms with Crippen LogP contribution in [0.1, 0.15) is 15.9 Å². The van der Waals surface area contributed by atoms with Crippen molar-refractivity contribution in [2.24, 2.45) is 0 Å². The smallest absolute Gasteiger partial charge is 0.336 e. The van der Waals surface area contributed by atoms with Crippen molar-refractivity contribution in [3.8, 4) is 28.2 Å². The van der Waals surface area contributed by atoms with E-state index < -0.39 is 5.97 Å². The first-order valence-corrected chi connectivity index (χ1v) is 11.5. The number of fused-ring (bicyclic) bond motifs is 2. The fourth-order valence-corrected chi connectivity index (χ4v) is 5.94. The van der Waals surface area contributed by atoms with Gasteiger partial charge in [-0.1, -0.05) is 18.2 Å². The van der Waals surface area contributed by atoms with Crippen molar-refractivity contribution in [1.29, 1.82) is 0 Å². The van der Waals surface area contributed by atoms with E-state index in [9.17, 15) is 19.8 Å². The van der Waals surface area contributed by atoms with E-state index in [1.54, 1.807) is 43.3 Å². The Labute approximate surface area is 205 Å². The monoisotopic (exact) mass is 724 g/mol. The van der Waals surface area contributed by atoms with Crippen LogP contribution in [0.3, 0.4) is 0 Å². The number of carboxylic acid groups (broad SMARTS) is 1. The molecule has 0 unspecified atom stereocenters. The summed E-state index contributed by atoms with van der Waals surface area (Å²) < 4.78 is 7.56. The van der Waals surface area contributed by atoms with Gasteiger partial charge in [-0.05, 0) is 104 Å². The molecule has 2 aromatic rings. The van der Waals surface area contributed by atoms with E-state index in [0.29, 0.717) is 49.7 Å². The molecule has 5 nitrogen and oxygen atoms in total. The number of carboxylic acids is 1. The summed E-state index contributed by atoms with van der Waals surface area (Å²) >= 11 is 5.94. The van der Waals surface area contributed by atoms with Crippen LogP contribution in [0.15, 0.2) is 45.6 Å². The van der Waals surface area contributed by atoms with E-state index >= 15 is 0 Å². The minimum atomic E-state index is -1.04. The minimum absolute atomic E-state index is 0.0986. The first-order chi connectivity index (χ1) is 13.7. The fraction of sp³-hybridized carbons (Fsp3) is 0.0476. The summed E-state index contributed by atoms with van der Waals surface area (Å²) in [6, 6.07) is 10.3. The maximum absolute atomic E-state index is 12.5. The van der Waals surface area contributed by atoms with E-state index in [4.69, 9.17) is 4.42 Å². The molecule has 0 bridgehead atoms. The Morgan fingerprint density at radius 1 is 1.03 bits per heavy atom. The number of hydrogen-bond acceptors (Lipinski definition) is 4. The van der Waals surface area contributed by atoms with Gasteiger partial charge in [-0.25, -0.2) is 4.79 Å². The molecule has 1 aliphatic carbocycles. The van der Waals surface area contributed by atoms with E-state index in [1.807, 2.05) is 67.8 Å². The molecule has 0 amide bonds. The van der Waals surface area contributed by atoms with Crippen LogP contribution in [0.4, 0.5) is 0 Å². The first kappa shape index (κ1) is 20.8. The second-order valence-corrected chi connectivity index (χ2v) is 9.76. The normalized spacial score (nSPS) is 11.3. The topological polar surface area (TPSA) is 87.7 Å². The Balaban J connectivity index is 2.34. The molecule has 0 saturated heterocycles. The highest BCUT2D eigenvalue weighted by Gasteiger charge is 2.26. The van der Waals surface area contributed by atoms with Gasteiger partial charge in [0.1, 0.15) is 9.32 Å². The Morgan fingerprint density at radius 3 is 2.41 bits per heavy atom. The standard InChI is InChI=1S/C21H11I3O5/c1-8-6-11-14(9-4-2-3-5-10(9)21(27)28)12-7-13(22)18(26)16(24)20(12)29-19(11)15(23)17(8)25/h2-7,25H,1H3,(H,27,28). The molecule has 2 aromatic carbocycles. The number of aromatic hydroxyl groups is 1. The molecule has 0 radical (unpaired) electrons. The van der Waals surface area contributed by atoms with E-state index in [2.05, 4.69) is 0 Å². The van der Waals surface area contributed by atoms with Gasteiger partial charge in [-0.15, -0.1) is 0 Å². The quantitative estimate of drug-likeness (QED) is 0.193. The van der Waals surface area contributed by atoms with Gasteiger partial charge in [0.15, 0.2) is 11.3 Å². The van der Waals surface area contributed by atoms with Gasteiger partial charge < -0.3 is 14.6 Å². The molecular formula is C21H11I3O5. The predicted molar refractivity (Wildman–Crippen MR) is 136 cm³/mol. The van der Waals surface area contributed by atoms with Crippen LogP contribution in [-0.4, -0.2) is 16.2 Å². The molecule has 0 atom stereocenters. The number of rotatable bonds is 2. The van der Waals surface area contributed by atoms with E-state index in [0.717, 1.165) is 0 Å². The maximum atomic E-state index is 12.5. The molecular weight excluding hydrogens is 713 g/mol. The summed E-state index contributed by atoms with van der Waals surface area (Å²) in [5.41, 5.74) is 2.91. The number of benzene rings is 3.